The number of benzene rings is 2. The second-order valence-corrected chi connectivity index (χ2v) is 6.69. The van der Waals surface area contributed by atoms with Crippen LogP contribution in [0.3, 0.4) is 0 Å². The number of aryl methyl sites for hydroxylation is 2. The van der Waals surface area contributed by atoms with Gasteiger partial charge >= 0.3 is 0 Å². The van der Waals surface area contributed by atoms with Crippen molar-refractivity contribution in [3.05, 3.63) is 70.9 Å². The summed E-state index contributed by atoms with van der Waals surface area (Å²) in [5.74, 6) is -0.271. The highest BCUT2D eigenvalue weighted by Crippen LogP contribution is 2.36. The van der Waals surface area contributed by atoms with Crippen LogP contribution in [0.4, 0.5) is 15.8 Å². The Labute approximate surface area is 166 Å². The summed E-state index contributed by atoms with van der Waals surface area (Å²) in [4.78, 5) is 26.5. The van der Waals surface area contributed by atoms with Gasteiger partial charge in [0.1, 0.15) is 17.3 Å². The average molecular weight is 395 g/mol. The van der Waals surface area contributed by atoms with Crippen molar-refractivity contribution >= 4 is 23.2 Å². The first-order chi connectivity index (χ1) is 13.9. The van der Waals surface area contributed by atoms with Crippen LogP contribution in [0, 0.1) is 19.7 Å². The van der Waals surface area contributed by atoms with Crippen molar-refractivity contribution in [3.8, 4) is 5.75 Å². The Morgan fingerprint density at radius 2 is 2.03 bits per heavy atom. The van der Waals surface area contributed by atoms with Gasteiger partial charge in [0.05, 0.1) is 23.5 Å². The molecule has 29 heavy (non-hydrogen) atoms. The molecule has 4 rings (SSSR count). The van der Waals surface area contributed by atoms with Gasteiger partial charge in [-0.2, -0.15) is 0 Å². The summed E-state index contributed by atoms with van der Waals surface area (Å²) in [6, 6.07) is 10.7. The first-order valence-electron chi connectivity index (χ1n) is 8.99. The molecule has 0 aliphatic carbocycles. The molecule has 0 atom stereocenters. The van der Waals surface area contributed by atoms with E-state index in [1.54, 1.807) is 36.1 Å². The third-order valence-electron chi connectivity index (χ3n) is 4.78. The Hall–Kier alpha value is -3.68. The number of halogens is 1. The number of ether oxygens (including phenoxy) is 1. The molecule has 0 saturated heterocycles. The second kappa shape index (κ2) is 7.38. The molecule has 0 bridgehead atoms. The van der Waals surface area contributed by atoms with Crippen LogP contribution in [0.15, 0.2) is 47.0 Å². The maximum Gasteiger partial charge on any atom is 0.265 e. The summed E-state index contributed by atoms with van der Waals surface area (Å²) < 4.78 is 24.6. The Morgan fingerprint density at radius 1 is 1.24 bits per heavy atom. The standard InChI is InChI=1S/C21H18FN3O4/c1-12-16(13(2)29-24-12)10-25-18-9-14(7-8-19(18)28-11-20(25)26)23-21(27)15-5-3-4-6-17(15)22/h3-9H,10-11H2,1-2H3,(H,23,27). The molecule has 3 aromatic rings. The smallest absolute Gasteiger partial charge is 0.265 e. The van der Waals surface area contributed by atoms with Gasteiger partial charge in [-0.25, -0.2) is 4.39 Å². The van der Waals surface area contributed by atoms with Crippen LogP contribution in [0.2, 0.25) is 0 Å². The number of nitrogens with one attached hydrogen (secondary N) is 1. The topological polar surface area (TPSA) is 84.7 Å². The number of carbonyl (C=O) groups excluding carboxylic acids is 2. The zero-order valence-electron chi connectivity index (χ0n) is 15.9. The van der Waals surface area contributed by atoms with Gasteiger partial charge in [0.2, 0.25) is 0 Å². The number of amides is 2. The second-order valence-electron chi connectivity index (χ2n) is 6.69. The quantitative estimate of drug-likeness (QED) is 0.730. The van der Waals surface area contributed by atoms with Gasteiger partial charge in [0.25, 0.3) is 11.8 Å². The van der Waals surface area contributed by atoms with Gasteiger partial charge in [0.15, 0.2) is 6.61 Å². The highest BCUT2D eigenvalue weighted by Gasteiger charge is 2.28. The number of fused-ring (bicyclic) bond motifs is 1. The number of aromatic nitrogens is 1. The van der Waals surface area contributed by atoms with Crippen molar-refractivity contribution in [2.45, 2.75) is 20.4 Å². The molecule has 1 aromatic heterocycles. The minimum absolute atomic E-state index is 0.0647. The Balaban J connectivity index is 1.64. The molecule has 0 unspecified atom stereocenters. The van der Waals surface area contributed by atoms with Gasteiger partial charge in [0, 0.05) is 11.3 Å². The predicted molar refractivity (Wildman–Crippen MR) is 103 cm³/mol. The fraction of sp³-hybridized carbons (Fsp3) is 0.190. The molecule has 0 fully saturated rings. The summed E-state index contributed by atoms with van der Waals surface area (Å²) in [5.41, 5.74) is 2.37. The molecule has 1 N–H and O–H groups in total. The SMILES string of the molecule is Cc1noc(C)c1CN1C(=O)COc2ccc(NC(=O)c3ccccc3F)cc21. The molecule has 148 valence electrons. The Kier molecular flexibility index (Phi) is 4.75. The first-order valence-corrected chi connectivity index (χ1v) is 8.99. The fourth-order valence-electron chi connectivity index (χ4n) is 3.18. The fourth-order valence-corrected chi connectivity index (χ4v) is 3.18. The summed E-state index contributed by atoms with van der Waals surface area (Å²) in [6.07, 6.45) is 0. The van der Waals surface area contributed by atoms with Crippen molar-refractivity contribution in [2.75, 3.05) is 16.8 Å². The monoisotopic (exact) mass is 395 g/mol. The molecule has 0 saturated carbocycles. The molecule has 2 aromatic carbocycles. The highest BCUT2D eigenvalue weighted by atomic mass is 19.1. The van der Waals surface area contributed by atoms with E-state index in [1.807, 2.05) is 6.92 Å². The van der Waals surface area contributed by atoms with Crippen LogP contribution in [-0.2, 0) is 11.3 Å². The molecule has 2 amide bonds. The number of hydrogen-bond donors (Lipinski definition) is 1. The maximum atomic E-state index is 13.9. The van der Waals surface area contributed by atoms with E-state index in [0.29, 0.717) is 28.6 Å². The van der Waals surface area contributed by atoms with E-state index in [0.717, 1.165) is 5.56 Å². The minimum atomic E-state index is -0.610. The number of rotatable bonds is 4. The first kappa shape index (κ1) is 18.7. The van der Waals surface area contributed by atoms with E-state index in [2.05, 4.69) is 10.5 Å². The zero-order valence-corrected chi connectivity index (χ0v) is 15.9. The van der Waals surface area contributed by atoms with E-state index in [1.165, 1.54) is 18.2 Å². The molecule has 1 aliphatic heterocycles. The predicted octanol–water partition coefficient (Wildman–Crippen LogP) is 3.61. The molecule has 7 nitrogen and oxygen atoms in total. The van der Waals surface area contributed by atoms with Crippen molar-refractivity contribution < 1.29 is 23.2 Å². The van der Waals surface area contributed by atoms with Gasteiger partial charge in [-0.15, -0.1) is 0 Å². The molecular weight excluding hydrogens is 377 g/mol. The number of carbonyl (C=O) groups is 2. The molecule has 2 heterocycles. The number of nitrogens with zero attached hydrogens (tertiary/aromatic N) is 2. The highest BCUT2D eigenvalue weighted by molar-refractivity contribution is 6.05. The van der Waals surface area contributed by atoms with Crippen LogP contribution < -0.4 is 15.0 Å². The summed E-state index contributed by atoms with van der Waals surface area (Å²) in [6.45, 7) is 3.77. The summed E-state index contributed by atoms with van der Waals surface area (Å²) in [7, 11) is 0. The third-order valence-corrected chi connectivity index (χ3v) is 4.78. The lowest BCUT2D eigenvalue weighted by molar-refractivity contribution is -0.121. The van der Waals surface area contributed by atoms with Crippen LogP contribution in [0.5, 0.6) is 5.75 Å². The minimum Gasteiger partial charge on any atom is -0.482 e. The zero-order chi connectivity index (χ0) is 20.5. The Bertz CT molecular complexity index is 1090. The largest absolute Gasteiger partial charge is 0.482 e. The number of hydrogen-bond acceptors (Lipinski definition) is 5. The molecule has 1 aliphatic rings. The lowest BCUT2D eigenvalue weighted by atomic mass is 10.1. The van der Waals surface area contributed by atoms with E-state index in [-0.39, 0.29) is 24.6 Å². The van der Waals surface area contributed by atoms with Crippen molar-refractivity contribution in [2.24, 2.45) is 0 Å². The van der Waals surface area contributed by atoms with E-state index in [9.17, 15) is 14.0 Å². The molecule has 0 radical (unpaired) electrons. The average Bonchev–Trinajstić information content (AvgIpc) is 3.02. The summed E-state index contributed by atoms with van der Waals surface area (Å²) in [5, 5.41) is 6.59. The lowest BCUT2D eigenvalue weighted by Gasteiger charge is -2.29. The summed E-state index contributed by atoms with van der Waals surface area (Å²) >= 11 is 0. The van der Waals surface area contributed by atoms with E-state index >= 15 is 0 Å². The van der Waals surface area contributed by atoms with Crippen molar-refractivity contribution in [3.63, 3.8) is 0 Å². The van der Waals surface area contributed by atoms with Gasteiger partial charge in [-0.05, 0) is 44.2 Å². The molecular formula is C21H18FN3O4. The van der Waals surface area contributed by atoms with Crippen LogP contribution in [-0.4, -0.2) is 23.6 Å². The van der Waals surface area contributed by atoms with Gasteiger partial charge < -0.3 is 19.5 Å². The lowest BCUT2D eigenvalue weighted by Crippen LogP contribution is -2.38. The van der Waals surface area contributed by atoms with Crippen LogP contribution >= 0.6 is 0 Å². The van der Waals surface area contributed by atoms with Gasteiger partial charge in [-0.1, -0.05) is 17.3 Å². The van der Waals surface area contributed by atoms with Crippen LogP contribution in [0.1, 0.15) is 27.4 Å². The van der Waals surface area contributed by atoms with Crippen molar-refractivity contribution in [1.82, 2.24) is 5.16 Å². The third kappa shape index (κ3) is 3.56. The van der Waals surface area contributed by atoms with Crippen LogP contribution in [0.25, 0.3) is 0 Å². The Morgan fingerprint density at radius 3 is 2.76 bits per heavy atom. The number of anilines is 2. The van der Waals surface area contributed by atoms with Crippen molar-refractivity contribution in [1.29, 1.82) is 0 Å². The maximum absolute atomic E-state index is 13.9. The van der Waals surface area contributed by atoms with Gasteiger partial charge in [-0.3, -0.25) is 9.59 Å². The molecule has 0 spiro atoms. The normalized spacial score (nSPS) is 13.1. The molecule has 8 heteroatoms. The van der Waals surface area contributed by atoms with E-state index < -0.39 is 11.7 Å². The van der Waals surface area contributed by atoms with E-state index in [4.69, 9.17) is 9.26 Å².